The van der Waals surface area contributed by atoms with E-state index >= 15 is 0 Å². The lowest BCUT2D eigenvalue weighted by atomic mass is 10.1. The summed E-state index contributed by atoms with van der Waals surface area (Å²) >= 11 is 0. The number of alkyl halides is 2. The minimum absolute atomic E-state index is 0.0372. The number of rotatable bonds is 3. The van der Waals surface area contributed by atoms with Gasteiger partial charge in [0.25, 0.3) is 17.7 Å². The zero-order valence-electron chi connectivity index (χ0n) is 15.5. The molecule has 1 fully saturated rings. The molecule has 3 aromatic rings. The standard InChI is InChI=1S/C21H18F2N4O2/c1-24-19(28)14-2-4-17(5-3-14)27-9-6-15-12-16(13-25-18(15)27)20(29)26-10-7-21(22,23)8-11-26/h2-6,9,12-13H,1,7-8,10-11H2. The van der Waals surface area contributed by atoms with E-state index in [1.54, 1.807) is 30.3 Å². The fourth-order valence-electron chi connectivity index (χ4n) is 3.42. The lowest BCUT2D eigenvalue weighted by molar-refractivity contribution is -0.0494. The molecule has 8 heteroatoms. The van der Waals surface area contributed by atoms with Crippen molar-refractivity contribution >= 4 is 29.6 Å². The van der Waals surface area contributed by atoms with E-state index in [9.17, 15) is 18.4 Å². The molecule has 1 aromatic carbocycles. The van der Waals surface area contributed by atoms with Crippen LogP contribution in [-0.2, 0) is 0 Å². The summed E-state index contributed by atoms with van der Waals surface area (Å²) in [5.41, 5.74) is 2.25. The molecule has 0 N–H and O–H groups in total. The number of aliphatic imine (C=N–C) groups is 1. The number of amides is 2. The molecule has 0 radical (unpaired) electrons. The highest BCUT2D eigenvalue weighted by molar-refractivity contribution is 5.98. The fourth-order valence-corrected chi connectivity index (χ4v) is 3.42. The van der Waals surface area contributed by atoms with Crippen LogP contribution in [0.4, 0.5) is 8.78 Å². The number of likely N-dealkylation sites (tertiary alicyclic amines) is 1. The highest BCUT2D eigenvalue weighted by Gasteiger charge is 2.35. The van der Waals surface area contributed by atoms with Crippen molar-refractivity contribution < 1.29 is 18.4 Å². The second-order valence-electron chi connectivity index (χ2n) is 6.98. The third-order valence-electron chi connectivity index (χ3n) is 5.09. The number of hydrogen-bond donors (Lipinski definition) is 0. The van der Waals surface area contributed by atoms with Gasteiger partial charge in [0, 0.05) is 55.0 Å². The molecule has 0 unspecified atom stereocenters. The first-order chi connectivity index (χ1) is 13.9. The number of aromatic nitrogens is 2. The van der Waals surface area contributed by atoms with Gasteiger partial charge in [-0.15, -0.1) is 0 Å². The van der Waals surface area contributed by atoms with Crippen LogP contribution >= 0.6 is 0 Å². The first kappa shape index (κ1) is 18.9. The summed E-state index contributed by atoms with van der Waals surface area (Å²) in [6, 6.07) is 10.4. The molecule has 6 nitrogen and oxygen atoms in total. The average molecular weight is 396 g/mol. The van der Waals surface area contributed by atoms with E-state index in [4.69, 9.17) is 0 Å². The zero-order chi connectivity index (χ0) is 20.6. The SMILES string of the molecule is C=NC(=O)c1ccc(-n2ccc3cc(C(=O)N4CCC(F)(F)CC4)cnc32)cc1. The molecule has 148 valence electrons. The Bertz CT molecular complexity index is 1100. The van der Waals surface area contributed by atoms with Crippen LogP contribution in [-0.4, -0.2) is 52.0 Å². The van der Waals surface area contributed by atoms with Gasteiger partial charge in [0.1, 0.15) is 5.65 Å². The second kappa shape index (κ2) is 7.20. The monoisotopic (exact) mass is 396 g/mol. The van der Waals surface area contributed by atoms with Gasteiger partial charge >= 0.3 is 0 Å². The molecule has 1 aliphatic heterocycles. The van der Waals surface area contributed by atoms with Crippen molar-refractivity contribution in [2.75, 3.05) is 13.1 Å². The van der Waals surface area contributed by atoms with Gasteiger partial charge in [-0.2, -0.15) is 0 Å². The topological polar surface area (TPSA) is 67.6 Å². The van der Waals surface area contributed by atoms with Crippen LogP contribution in [0.1, 0.15) is 33.6 Å². The number of fused-ring (bicyclic) bond motifs is 1. The molecule has 1 aliphatic rings. The van der Waals surface area contributed by atoms with E-state index in [1.165, 1.54) is 11.1 Å². The summed E-state index contributed by atoms with van der Waals surface area (Å²) in [6.45, 7) is 3.31. The van der Waals surface area contributed by atoms with Crippen LogP contribution in [0.2, 0.25) is 0 Å². The van der Waals surface area contributed by atoms with E-state index in [0.717, 1.165) is 11.1 Å². The summed E-state index contributed by atoms with van der Waals surface area (Å²) in [5, 5.41) is 0.756. The first-order valence-corrected chi connectivity index (χ1v) is 9.14. The molecule has 0 bridgehead atoms. The number of nitrogens with zero attached hydrogens (tertiary/aromatic N) is 4. The normalized spacial score (nSPS) is 16.0. The predicted octanol–water partition coefficient (Wildman–Crippen LogP) is 3.74. The molecule has 2 aromatic heterocycles. The largest absolute Gasteiger partial charge is 0.338 e. The Balaban J connectivity index is 1.58. The van der Waals surface area contributed by atoms with Crippen molar-refractivity contribution in [2.45, 2.75) is 18.8 Å². The Morgan fingerprint density at radius 2 is 1.76 bits per heavy atom. The first-order valence-electron chi connectivity index (χ1n) is 9.14. The molecule has 0 aliphatic carbocycles. The van der Waals surface area contributed by atoms with Crippen LogP contribution in [0.25, 0.3) is 16.7 Å². The van der Waals surface area contributed by atoms with Crippen LogP contribution in [0.3, 0.4) is 0 Å². The Morgan fingerprint density at radius 1 is 1.07 bits per heavy atom. The number of benzene rings is 1. The van der Waals surface area contributed by atoms with Crippen molar-refractivity contribution in [3.63, 3.8) is 0 Å². The van der Waals surface area contributed by atoms with E-state index < -0.39 is 11.8 Å². The van der Waals surface area contributed by atoms with Crippen LogP contribution in [0.5, 0.6) is 0 Å². The van der Waals surface area contributed by atoms with Crippen LogP contribution < -0.4 is 0 Å². The Morgan fingerprint density at radius 3 is 2.41 bits per heavy atom. The number of pyridine rings is 1. The van der Waals surface area contributed by atoms with E-state index in [-0.39, 0.29) is 31.8 Å². The van der Waals surface area contributed by atoms with Crippen LogP contribution in [0.15, 0.2) is 53.8 Å². The van der Waals surface area contributed by atoms with Gasteiger partial charge in [0.2, 0.25) is 0 Å². The van der Waals surface area contributed by atoms with Gasteiger partial charge in [0.15, 0.2) is 0 Å². The zero-order valence-corrected chi connectivity index (χ0v) is 15.5. The maximum absolute atomic E-state index is 13.3. The summed E-state index contributed by atoms with van der Waals surface area (Å²) in [5.74, 6) is -3.38. The third kappa shape index (κ3) is 3.65. The smallest absolute Gasteiger partial charge is 0.276 e. The molecule has 0 spiro atoms. The Labute approximate surface area is 165 Å². The van der Waals surface area contributed by atoms with Crippen molar-refractivity contribution in [3.8, 4) is 5.69 Å². The number of piperidine rings is 1. The molecule has 1 saturated heterocycles. The van der Waals surface area contributed by atoms with Crippen molar-refractivity contribution in [2.24, 2.45) is 4.99 Å². The highest BCUT2D eigenvalue weighted by Crippen LogP contribution is 2.29. The van der Waals surface area contributed by atoms with E-state index in [1.807, 2.05) is 16.8 Å². The third-order valence-corrected chi connectivity index (χ3v) is 5.09. The van der Waals surface area contributed by atoms with Crippen molar-refractivity contribution in [1.29, 1.82) is 0 Å². The number of carbonyl (C=O) groups excluding carboxylic acids is 2. The Kier molecular flexibility index (Phi) is 4.70. The molecule has 4 rings (SSSR count). The maximum Gasteiger partial charge on any atom is 0.276 e. The quantitative estimate of drug-likeness (QED) is 0.634. The lowest BCUT2D eigenvalue weighted by Gasteiger charge is -2.31. The van der Waals surface area contributed by atoms with E-state index in [0.29, 0.717) is 16.8 Å². The van der Waals surface area contributed by atoms with Crippen LogP contribution in [0, 0.1) is 0 Å². The Hall–Kier alpha value is -3.42. The molecule has 0 atom stereocenters. The summed E-state index contributed by atoms with van der Waals surface area (Å²) < 4.78 is 28.5. The lowest BCUT2D eigenvalue weighted by Crippen LogP contribution is -2.42. The summed E-state index contributed by atoms with van der Waals surface area (Å²) in [4.78, 5) is 33.5. The van der Waals surface area contributed by atoms with Crippen molar-refractivity contribution in [1.82, 2.24) is 14.5 Å². The molecule has 29 heavy (non-hydrogen) atoms. The molecular weight excluding hydrogens is 378 g/mol. The average Bonchev–Trinajstić information content (AvgIpc) is 3.16. The minimum atomic E-state index is -2.70. The number of halogens is 2. The molecule has 0 saturated carbocycles. The predicted molar refractivity (Wildman–Crippen MR) is 105 cm³/mol. The minimum Gasteiger partial charge on any atom is -0.338 e. The molecular formula is C21H18F2N4O2. The molecule has 2 amide bonds. The number of carbonyl (C=O) groups is 2. The molecule has 3 heterocycles. The fraction of sp³-hybridized carbons (Fsp3) is 0.238. The van der Waals surface area contributed by atoms with E-state index in [2.05, 4.69) is 16.7 Å². The van der Waals surface area contributed by atoms with Crippen molar-refractivity contribution in [3.05, 3.63) is 59.9 Å². The van der Waals surface area contributed by atoms with Gasteiger partial charge in [-0.05, 0) is 43.1 Å². The second-order valence-corrected chi connectivity index (χ2v) is 6.98. The van der Waals surface area contributed by atoms with Gasteiger partial charge in [-0.1, -0.05) is 0 Å². The van der Waals surface area contributed by atoms with Gasteiger partial charge < -0.3 is 9.47 Å². The number of hydrogen-bond acceptors (Lipinski definition) is 3. The van der Waals surface area contributed by atoms with Gasteiger partial charge in [-0.25, -0.2) is 18.8 Å². The van der Waals surface area contributed by atoms with Gasteiger partial charge in [-0.3, -0.25) is 9.59 Å². The summed E-state index contributed by atoms with van der Waals surface area (Å²) in [7, 11) is 0. The van der Waals surface area contributed by atoms with Gasteiger partial charge in [0.05, 0.1) is 5.56 Å². The highest BCUT2D eigenvalue weighted by atomic mass is 19.3. The maximum atomic E-state index is 13.3. The summed E-state index contributed by atoms with van der Waals surface area (Å²) in [6.07, 6.45) is 2.65.